The summed E-state index contributed by atoms with van der Waals surface area (Å²) in [6.07, 6.45) is 6.35. The van der Waals surface area contributed by atoms with Crippen molar-refractivity contribution in [3.05, 3.63) is 48.3 Å². The van der Waals surface area contributed by atoms with Gasteiger partial charge in [0.25, 0.3) is 0 Å². The fourth-order valence-electron chi connectivity index (χ4n) is 1.71. The van der Waals surface area contributed by atoms with E-state index in [0.29, 0.717) is 12.2 Å². The predicted octanol–water partition coefficient (Wildman–Crippen LogP) is 0.300. The number of pyridine rings is 1. The van der Waals surface area contributed by atoms with Gasteiger partial charge in [-0.3, -0.25) is 4.98 Å². The van der Waals surface area contributed by atoms with Crippen LogP contribution in [0.25, 0.3) is 0 Å². The van der Waals surface area contributed by atoms with Crippen LogP contribution in [0.1, 0.15) is 11.3 Å². The van der Waals surface area contributed by atoms with Crippen LogP contribution in [-0.4, -0.2) is 38.1 Å². The standard InChI is InChI=1S/C13H15N5O3/c19-12(20)11(5-10-7-15-8-17-10)18-13(21)16-6-9-1-3-14-4-2-9/h1-4,7-8,11H,5-6H2,(H,15,17)(H,19,20)(H2,16,18,21). The number of aromatic nitrogens is 3. The lowest BCUT2D eigenvalue weighted by Crippen LogP contribution is -2.46. The maximum absolute atomic E-state index is 11.7. The Balaban J connectivity index is 1.85. The van der Waals surface area contributed by atoms with Gasteiger partial charge in [0, 0.05) is 37.3 Å². The van der Waals surface area contributed by atoms with E-state index in [-0.39, 0.29) is 6.42 Å². The van der Waals surface area contributed by atoms with Crippen molar-refractivity contribution in [2.24, 2.45) is 0 Å². The van der Waals surface area contributed by atoms with Gasteiger partial charge in [0.1, 0.15) is 6.04 Å². The molecule has 0 aliphatic carbocycles. The summed E-state index contributed by atoms with van der Waals surface area (Å²) in [5.74, 6) is -1.11. The van der Waals surface area contributed by atoms with Crippen LogP contribution in [0.5, 0.6) is 0 Å². The third-order valence-corrected chi connectivity index (χ3v) is 2.78. The number of nitrogens with zero attached hydrogens (tertiary/aromatic N) is 2. The number of imidazole rings is 1. The highest BCUT2D eigenvalue weighted by atomic mass is 16.4. The Morgan fingerprint density at radius 2 is 2.05 bits per heavy atom. The molecule has 110 valence electrons. The summed E-state index contributed by atoms with van der Waals surface area (Å²) >= 11 is 0. The molecule has 1 atom stereocenters. The molecular weight excluding hydrogens is 274 g/mol. The minimum atomic E-state index is -1.11. The van der Waals surface area contributed by atoms with Crippen LogP contribution in [-0.2, 0) is 17.8 Å². The van der Waals surface area contributed by atoms with Crippen LogP contribution in [0, 0.1) is 0 Å². The van der Waals surface area contributed by atoms with E-state index >= 15 is 0 Å². The summed E-state index contributed by atoms with van der Waals surface area (Å²) in [4.78, 5) is 33.4. The lowest BCUT2D eigenvalue weighted by atomic mass is 10.2. The van der Waals surface area contributed by atoms with Crippen molar-refractivity contribution in [2.45, 2.75) is 19.0 Å². The Labute approximate surface area is 120 Å². The van der Waals surface area contributed by atoms with E-state index in [1.807, 2.05) is 0 Å². The van der Waals surface area contributed by atoms with Gasteiger partial charge in [-0.1, -0.05) is 0 Å². The summed E-state index contributed by atoms with van der Waals surface area (Å²) in [6, 6.07) is 1.96. The first-order chi connectivity index (χ1) is 10.1. The number of nitrogens with one attached hydrogen (secondary N) is 3. The maximum atomic E-state index is 11.7. The molecule has 0 saturated carbocycles. The Kier molecular flexibility index (Phi) is 4.86. The number of carbonyl (C=O) groups is 2. The van der Waals surface area contributed by atoms with Crippen LogP contribution in [0.3, 0.4) is 0 Å². The van der Waals surface area contributed by atoms with Gasteiger partial charge in [-0.2, -0.15) is 0 Å². The van der Waals surface area contributed by atoms with Crippen molar-refractivity contribution in [2.75, 3.05) is 0 Å². The van der Waals surface area contributed by atoms with Crippen LogP contribution in [0.15, 0.2) is 37.1 Å². The van der Waals surface area contributed by atoms with Crippen LogP contribution in [0.2, 0.25) is 0 Å². The number of rotatable bonds is 6. The molecule has 0 aromatic carbocycles. The van der Waals surface area contributed by atoms with Crippen molar-refractivity contribution in [3.8, 4) is 0 Å². The molecule has 0 bridgehead atoms. The van der Waals surface area contributed by atoms with Gasteiger partial charge in [0.15, 0.2) is 0 Å². The van der Waals surface area contributed by atoms with Gasteiger partial charge < -0.3 is 20.7 Å². The fourth-order valence-corrected chi connectivity index (χ4v) is 1.71. The molecule has 2 amide bonds. The highest BCUT2D eigenvalue weighted by molar-refractivity contribution is 5.82. The molecule has 2 heterocycles. The van der Waals surface area contributed by atoms with Crippen LogP contribution < -0.4 is 10.6 Å². The molecule has 2 aromatic rings. The molecule has 0 aliphatic rings. The van der Waals surface area contributed by atoms with Gasteiger partial charge in [0.2, 0.25) is 0 Å². The summed E-state index contributed by atoms with van der Waals surface area (Å²) in [7, 11) is 0. The topological polar surface area (TPSA) is 120 Å². The zero-order valence-electron chi connectivity index (χ0n) is 11.1. The maximum Gasteiger partial charge on any atom is 0.326 e. The Bertz CT molecular complexity index is 585. The normalized spacial score (nSPS) is 11.6. The second-order valence-corrected chi connectivity index (χ2v) is 4.35. The van der Waals surface area contributed by atoms with Crippen molar-refractivity contribution in [1.82, 2.24) is 25.6 Å². The van der Waals surface area contributed by atoms with Crippen LogP contribution in [0.4, 0.5) is 4.79 Å². The average Bonchev–Trinajstić information content (AvgIpc) is 2.98. The number of hydrogen-bond donors (Lipinski definition) is 4. The summed E-state index contributed by atoms with van der Waals surface area (Å²) in [6.45, 7) is 0.296. The number of carboxylic acid groups (broad SMARTS) is 1. The van der Waals surface area contributed by atoms with E-state index in [2.05, 4.69) is 25.6 Å². The number of H-pyrrole nitrogens is 1. The number of amides is 2. The van der Waals surface area contributed by atoms with Gasteiger partial charge in [-0.15, -0.1) is 0 Å². The molecule has 0 saturated heterocycles. The third kappa shape index (κ3) is 4.60. The van der Waals surface area contributed by atoms with Crippen molar-refractivity contribution in [3.63, 3.8) is 0 Å². The molecular formula is C13H15N5O3. The summed E-state index contributed by atoms with van der Waals surface area (Å²) in [5, 5.41) is 14.1. The predicted molar refractivity (Wildman–Crippen MR) is 73.3 cm³/mol. The molecule has 0 aliphatic heterocycles. The fraction of sp³-hybridized carbons (Fsp3) is 0.231. The first-order valence-corrected chi connectivity index (χ1v) is 6.28. The number of urea groups is 1. The summed E-state index contributed by atoms with van der Waals surface area (Å²) < 4.78 is 0. The average molecular weight is 289 g/mol. The largest absolute Gasteiger partial charge is 0.480 e. The minimum Gasteiger partial charge on any atom is -0.480 e. The molecule has 1 unspecified atom stereocenters. The van der Waals surface area contributed by atoms with Crippen LogP contribution >= 0.6 is 0 Å². The first kappa shape index (κ1) is 14.5. The highest BCUT2D eigenvalue weighted by Gasteiger charge is 2.20. The summed E-state index contributed by atoms with van der Waals surface area (Å²) in [5.41, 5.74) is 1.51. The second kappa shape index (κ2) is 7.04. The minimum absolute atomic E-state index is 0.137. The number of aromatic amines is 1. The van der Waals surface area contributed by atoms with E-state index in [1.165, 1.54) is 12.5 Å². The number of carboxylic acids is 1. The Morgan fingerprint density at radius 1 is 1.29 bits per heavy atom. The molecule has 0 spiro atoms. The van der Waals surface area contributed by atoms with Gasteiger partial charge in [-0.25, -0.2) is 14.6 Å². The third-order valence-electron chi connectivity index (χ3n) is 2.78. The molecule has 2 rings (SSSR count). The lowest BCUT2D eigenvalue weighted by molar-refractivity contribution is -0.139. The van der Waals surface area contributed by atoms with E-state index in [4.69, 9.17) is 5.11 Å². The number of hydrogen-bond acceptors (Lipinski definition) is 4. The zero-order valence-corrected chi connectivity index (χ0v) is 11.1. The van der Waals surface area contributed by atoms with Crippen molar-refractivity contribution in [1.29, 1.82) is 0 Å². The smallest absolute Gasteiger partial charge is 0.326 e. The second-order valence-electron chi connectivity index (χ2n) is 4.35. The Morgan fingerprint density at radius 3 is 2.67 bits per heavy atom. The van der Waals surface area contributed by atoms with Crippen molar-refractivity contribution < 1.29 is 14.7 Å². The number of carbonyl (C=O) groups excluding carboxylic acids is 1. The number of aliphatic carboxylic acids is 1. The van der Waals surface area contributed by atoms with Gasteiger partial charge in [-0.05, 0) is 17.7 Å². The van der Waals surface area contributed by atoms with Gasteiger partial charge in [0.05, 0.1) is 6.33 Å². The molecule has 8 nitrogen and oxygen atoms in total. The molecule has 21 heavy (non-hydrogen) atoms. The molecule has 8 heteroatoms. The quantitative estimate of drug-likeness (QED) is 0.609. The zero-order chi connectivity index (χ0) is 15.1. The van der Waals surface area contributed by atoms with E-state index in [1.54, 1.807) is 24.5 Å². The molecule has 4 N–H and O–H groups in total. The molecule has 0 fully saturated rings. The SMILES string of the molecule is O=C(NCc1ccncc1)NC(Cc1cnc[nH]1)C(=O)O. The van der Waals surface area contributed by atoms with Gasteiger partial charge >= 0.3 is 12.0 Å². The lowest BCUT2D eigenvalue weighted by Gasteiger charge is -2.14. The van der Waals surface area contributed by atoms with E-state index in [9.17, 15) is 9.59 Å². The van der Waals surface area contributed by atoms with Crippen molar-refractivity contribution >= 4 is 12.0 Å². The highest BCUT2D eigenvalue weighted by Crippen LogP contribution is 1.99. The van der Waals surface area contributed by atoms with E-state index in [0.717, 1.165) is 5.56 Å². The monoisotopic (exact) mass is 289 g/mol. The Hall–Kier alpha value is -2.90. The first-order valence-electron chi connectivity index (χ1n) is 6.28. The van der Waals surface area contributed by atoms with E-state index < -0.39 is 18.0 Å². The molecule has 0 radical (unpaired) electrons. The molecule has 2 aromatic heterocycles.